The Labute approximate surface area is 161 Å². The van der Waals surface area contributed by atoms with E-state index in [0.29, 0.717) is 24.4 Å². The van der Waals surface area contributed by atoms with Crippen LogP contribution in [0, 0.1) is 11.3 Å². The summed E-state index contributed by atoms with van der Waals surface area (Å²) in [5.74, 6) is 1.47. The molecule has 6 nitrogen and oxygen atoms in total. The van der Waals surface area contributed by atoms with Crippen LogP contribution in [0.2, 0.25) is 0 Å². The Morgan fingerprint density at radius 2 is 1.88 bits per heavy atom. The molecule has 134 valence electrons. The van der Waals surface area contributed by atoms with Crippen LogP contribution in [0.25, 0.3) is 0 Å². The van der Waals surface area contributed by atoms with E-state index in [1.807, 2.05) is 17.0 Å². The van der Waals surface area contributed by atoms with Crippen molar-refractivity contribution in [2.45, 2.75) is 13.0 Å². The third-order valence-corrected chi connectivity index (χ3v) is 4.74. The molecule has 1 aliphatic rings. The number of amides is 1. The minimum atomic E-state index is -0.569. The molecule has 0 N–H and O–H groups in total. The average Bonchev–Trinajstić information content (AvgIpc) is 2.69. The van der Waals surface area contributed by atoms with Crippen molar-refractivity contribution < 1.29 is 9.53 Å². The number of carbonyl (C=O) groups excluding carboxylic acids is 1. The van der Waals surface area contributed by atoms with E-state index in [1.54, 1.807) is 37.4 Å². The second kappa shape index (κ2) is 8.19. The van der Waals surface area contributed by atoms with Crippen molar-refractivity contribution in [3.63, 3.8) is 0 Å². The van der Waals surface area contributed by atoms with Crippen LogP contribution in [-0.4, -0.2) is 48.1 Å². The lowest BCUT2D eigenvalue weighted by Crippen LogP contribution is -2.52. The largest absolute Gasteiger partial charge is 0.481 e. The zero-order chi connectivity index (χ0) is 18.5. The Kier molecular flexibility index (Phi) is 5.74. The molecule has 1 aromatic carbocycles. The molecule has 2 aromatic rings. The highest BCUT2D eigenvalue weighted by Gasteiger charge is 2.26. The molecule has 3 rings (SSSR count). The number of hydrogen-bond acceptors (Lipinski definition) is 5. The maximum absolute atomic E-state index is 12.6. The second-order valence-electron chi connectivity index (χ2n) is 6.04. The number of ether oxygens (including phenoxy) is 1. The van der Waals surface area contributed by atoms with Crippen molar-refractivity contribution in [2.24, 2.45) is 0 Å². The van der Waals surface area contributed by atoms with Crippen molar-refractivity contribution in [1.82, 2.24) is 9.88 Å². The van der Waals surface area contributed by atoms with Crippen molar-refractivity contribution in [1.29, 1.82) is 5.26 Å². The molecular formula is C19H19BrN4O2. The lowest BCUT2D eigenvalue weighted by Gasteiger charge is -2.36. The quantitative estimate of drug-likeness (QED) is 0.768. The Morgan fingerprint density at radius 3 is 2.46 bits per heavy atom. The molecular weight excluding hydrogens is 396 g/mol. The molecule has 7 heteroatoms. The molecule has 0 bridgehead atoms. The van der Waals surface area contributed by atoms with Gasteiger partial charge in [0.25, 0.3) is 5.91 Å². The van der Waals surface area contributed by atoms with E-state index in [4.69, 9.17) is 10.00 Å². The van der Waals surface area contributed by atoms with E-state index in [1.165, 1.54) is 0 Å². The third kappa shape index (κ3) is 4.33. The first-order chi connectivity index (χ1) is 12.6. The van der Waals surface area contributed by atoms with Gasteiger partial charge in [-0.1, -0.05) is 0 Å². The maximum atomic E-state index is 12.6. The summed E-state index contributed by atoms with van der Waals surface area (Å²) in [6, 6.07) is 12.8. The van der Waals surface area contributed by atoms with Crippen molar-refractivity contribution in [3.05, 3.63) is 52.6 Å². The van der Waals surface area contributed by atoms with Crippen molar-refractivity contribution >= 4 is 27.7 Å². The number of pyridine rings is 1. The van der Waals surface area contributed by atoms with Gasteiger partial charge in [-0.05, 0) is 59.3 Å². The lowest BCUT2D eigenvalue weighted by atomic mass is 10.2. The number of anilines is 1. The minimum Gasteiger partial charge on any atom is -0.481 e. The van der Waals surface area contributed by atoms with E-state index in [9.17, 15) is 4.79 Å². The molecule has 1 fully saturated rings. The first kappa shape index (κ1) is 18.2. The summed E-state index contributed by atoms with van der Waals surface area (Å²) >= 11 is 3.39. The van der Waals surface area contributed by atoms with Gasteiger partial charge in [0.05, 0.1) is 11.6 Å². The zero-order valence-corrected chi connectivity index (χ0v) is 16.0. The monoisotopic (exact) mass is 414 g/mol. The summed E-state index contributed by atoms with van der Waals surface area (Å²) in [5.41, 5.74) is 0.564. The molecule has 0 radical (unpaired) electrons. The summed E-state index contributed by atoms with van der Waals surface area (Å²) in [6.07, 6.45) is 1.21. The number of nitriles is 1. The van der Waals surface area contributed by atoms with Gasteiger partial charge in [0.15, 0.2) is 6.10 Å². The first-order valence-corrected chi connectivity index (χ1v) is 9.18. The predicted molar refractivity (Wildman–Crippen MR) is 102 cm³/mol. The van der Waals surface area contributed by atoms with E-state index < -0.39 is 6.10 Å². The van der Waals surface area contributed by atoms with Gasteiger partial charge in [0.1, 0.15) is 11.6 Å². The topological polar surface area (TPSA) is 69.5 Å². The summed E-state index contributed by atoms with van der Waals surface area (Å²) in [6.45, 7) is 4.51. The smallest absolute Gasteiger partial charge is 0.263 e. The van der Waals surface area contributed by atoms with Crippen LogP contribution in [0.15, 0.2) is 47.1 Å². The zero-order valence-electron chi connectivity index (χ0n) is 14.4. The molecule has 0 aliphatic carbocycles. The number of carbonyl (C=O) groups is 1. The first-order valence-electron chi connectivity index (χ1n) is 8.39. The van der Waals surface area contributed by atoms with Gasteiger partial charge in [-0.25, -0.2) is 4.98 Å². The van der Waals surface area contributed by atoms with Gasteiger partial charge in [-0.3, -0.25) is 4.79 Å². The molecule has 0 spiro atoms. The molecule has 1 aromatic heterocycles. The lowest BCUT2D eigenvalue weighted by molar-refractivity contribution is -0.138. The Morgan fingerprint density at radius 1 is 1.19 bits per heavy atom. The molecule has 1 atom stereocenters. The molecule has 1 saturated heterocycles. The Bertz CT molecular complexity index is 794. The minimum absolute atomic E-state index is 0.0298. The summed E-state index contributed by atoms with van der Waals surface area (Å²) in [4.78, 5) is 21.0. The number of aromatic nitrogens is 1. The summed E-state index contributed by atoms with van der Waals surface area (Å²) < 4.78 is 6.67. The number of benzene rings is 1. The number of nitrogens with zero attached hydrogens (tertiary/aromatic N) is 4. The fourth-order valence-electron chi connectivity index (χ4n) is 2.83. The number of hydrogen-bond donors (Lipinski definition) is 0. The second-order valence-corrected chi connectivity index (χ2v) is 6.96. The van der Waals surface area contributed by atoms with Crippen LogP contribution in [0.5, 0.6) is 5.75 Å². The fraction of sp³-hybridized carbons (Fsp3) is 0.316. The van der Waals surface area contributed by atoms with E-state index in [2.05, 4.69) is 31.9 Å². The van der Waals surface area contributed by atoms with Crippen LogP contribution in [0.4, 0.5) is 5.82 Å². The van der Waals surface area contributed by atoms with Crippen molar-refractivity contribution in [3.8, 4) is 11.8 Å². The van der Waals surface area contributed by atoms with E-state index >= 15 is 0 Å². The molecule has 1 amide bonds. The van der Waals surface area contributed by atoms with Crippen LogP contribution in [0.3, 0.4) is 0 Å². The average molecular weight is 415 g/mol. The summed E-state index contributed by atoms with van der Waals surface area (Å²) in [5, 5.41) is 8.82. The highest BCUT2D eigenvalue weighted by molar-refractivity contribution is 9.10. The van der Waals surface area contributed by atoms with Gasteiger partial charge >= 0.3 is 0 Å². The van der Waals surface area contributed by atoms with Gasteiger partial charge in [0, 0.05) is 36.8 Å². The molecule has 1 unspecified atom stereocenters. The molecule has 26 heavy (non-hydrogen) atoms. The number of piperazine rings is 1. The molecule has 1 aliphatic heterocycles. The molecule has 0 saturated carbocycles. The van der Waals surface area contributed by atoms with Crippen LogP contribution in [-0.2, 0) is 4.79 Å². The van der Waals surface area contributed by atoms with E-state index in [0.717, 1.165) is 23.4 Å². The van der Waals surface area contributed by atoms with Gasteiger partial charge < -0.3 is 14.5 Å². The molecule has 2 heterocycles. The van der Waals surface area contributed by atoms with Gasteiger partial charge in [-0.2, -0.15) is 5.26 Å². The fourth-order valence-corrected chi connectivity index (χ4v) is 3.07. The highest BCUT2D eigenvalue weighted by atomic mass is 79.9. The summed E-state index contributed by atoms with van der Waals surface area (Å²) in [7, 11) is 0. The highest BCUT2D eigenvalue weighted by Crippen LogP contribution is 2.18. The van der Waals surface area contributed by atoms with Crippen LogP contribution < -0.4 is 9.64 Å². The number of halogens is 1. The predicted octanol–water partition coefficient (Wildman–Crippen LogP) is 2.83. The van der Waals surface area contributed by atoms with E-state index in [-0.39, 0.29) is 5.91 Å². The third-order valence-electron chi connectivity index (χ3n) is 4.27. The van der Waals surface area contributed by atoms with Gasteiger partial charge in [0.2, 0.25) is 0 Å². The Hall–Kier alpha value is -2.59. The van der Waals surface area contributed by atoms with Crippen LogP contribution >= 0.6 is 15.9 Å². The van der Waals surface area contributed by atoms with Gasteiger partial charge in [-0.15, -0.1) is 0 Å². The maximum Gasteiger partial charge on any atom is 0.263 e. The normalized spacial score (nSPS) is 15.3. The Balaban J connectivity index is 1.53. The number of rotatable bonds is 4. The SMILES string of the molecule is CC(Oc1ccc(C#N)cc1)C(=O)N1CCN(c2ccc(Br)cn2)CC1. The van der Waals surface area contributed by atoms with Crippen LogP contribution in [0.1, 0.15) is 12.5 Å². The van der Waals surface area contributed by atoms with Crippen molar-refractivity contribution in [2.75, 3.05) is 31.1 Å². The standard InChI is InChI=1S/C19H19BrN4O2/c1-14(26-17-5-2-15(12-21)3-6-17)19(25)24-10-8-23(9-11-24)18-7-4-16(20)13-22-18/h2-7,13-14H,8-11H2,1H3.